The molecular formula is C18H21ClN6. The van der Waals surface area contributed by atoms with Gasteiger partial charge in [-0.2, -0.15) is 0 Å². The van der Waals surface area contributed by atoms with Crippen molar-refractivity contribution in [3.05, 3.63) is 35.0 Å². The highest BCUT2D eigenvalue weighted by atomic mass is 35.5. The number of nitrogens with zero attached hydrogens (tertiary/aromatic N) is 4. The molecule has 0 spiro atoms. The molecule has 0 unspecified atom stereocenters. The number of aryl methyl sites for hydroxylation is 1. The first-order valence-corrected chi connectivity index (χ1v) is 8.75. The third-order valence-corrected chi connectivity index (χ3v) is 5.23. The molecule has 0 bridgehead atoms. The van der Waals surface area contributed by atoms with Crippen LogP contribution in [0.4, 0.5) is 11.4 Å². The number of nitrogens with two attached hydrogens (primary N) is 1. The summed E-state index contributed by atoms with van der Waals surface area (Å²) in [5, 5.41) is 0.621. The molecule has 4 rings (SSSR count). The summed E-state index contributed by atoms with van der Waals surface area (Å²) in [6.45, 7) is 6.04. The van der Waals surface area contributed by atoms with Gasteiger partial charge in [-0.3, -0.25) is 0 Å². The Balaban J connectivity index is 1.68. The molecule has 3 heterocycles. The molecule has 0 amide bonds. The van der Waals surface area contributed by atoms with E-state index in [0.717, 1.165) is 65.7 Å². The normalized spacial score (nSPS) is 15.9. The molecule has 7 heteroatoms. The van der Waals surface area contributed by atoms with E-state index < -0.39 is 0 Å². The zero-order chi connectivity index (χ0) is 17.6. The van der Waals surface area contributed by atoms with Gasteiger partial charge in [0.1, 0.15) is 11.3 Å². The zero-order valence-corrected chi connectivity index (χ0v) is 15.1. The van der Waals surface area contributed by atoms with Gasteiger partial charge in [-0.15, -0.1) is 0 Å². The van der Waals surface area contributed by atoms with Crippen LogP contribution in [0.1, 0.15) is 5.56 Å². The number of benzene rings is 1. The molecule has 0 atom stereocenters. The number of fused-ring (bicyclic) bond motifs is 1. The monoisotopic (exact) mass is 356 g/mol. The van der Waals surface area contributed by atoms with Crippen LogP contribution in [0.2, 0.25) is 5.02 Å². The number of imidazole rings is 1. The Morgan fingerprint density at radius 1 is 1.20 bits per heavy atom. The summed E-state index contributed by atoms with van der Waals surface area (Å²) < 4.78 is 0. The lowest BCUT2D eigenvalue weighted by atomic mass is 10.1. The van der Waals surface area contributed by atoms with Gasteiger partial charge < -0.3 is 20.5 Å². The number of nitrogens with one attached hydrogen (secondary N) is 1. The van der Waals surface area contributed by atoms with Crippen LogP contribution >= 0.6 is 11.6 Å². The lowest BCUT2D eigenvalue weighted by Gasteiger charge is -2.34. The maximum Gasteiger partial charge on any atom is 0.157 e. The zero-order valence-electron chi connectivity index (χ0n) is 14.4. The predicted octanol–water partition coefficient (Wildman–Crippen LogP) is 2.92. The number of piperazine rings is 1. The van der Waals surface area contributed by atoms with Gasteiger partial charge in [0, 0.05) is 37.9 Å². The molecule has 2 aromatic heterocycles. The van der Waals surface area contributed by atoms with Crippen LogP contribution in [0.5, 0.6) is 0 Å². The van der Waals surface area contributed by atoms with Crippen LogP contribution in [-0.4, -0.2) is 53.1 Å². The Kier molecular flexibility index (Phi) is 4.01. The minimum Gasteiger partial charge on any atom is -0.397 e. The highest BCUT2D eigenvalue weighted by molar-refractivity contribution is 6.31. The minimum absolute atomic E-state index is 0.621. The molecule has 1 fully saturated rings. The second-order valence-corrected chi connectivity index (χ2v) is 6.98. The minimum atomic E-state index is 0.621. The Morgan fingerprint density at radius 2 is 1.96 bits per heavy atom. The lowest BCUT2D eigenvalue weighted by molar-refractivity contribution is 0.313. The summed E-state index contributed by atoms with van der Waals surface area (Å²) in [4.78, 5) is 16.9. The van der Waals surface area contributed by atoms with Crippen LogP contribution in [-0.2, 0) is 0 Å². The van der Waals surface area contributed by atoms with Gasteiger partial charge in [0.25, 0.3) is 0 Å². The highest BCUT2D eigenvalue weighted by Crippen LogP contribution is 2.31. The van der Waals surface area contributed by atoms with E-state index in [1.807, 2.05) is 13.0 Å². The molecule has 1 aliphatic rings. The van der Waals surface area contributed by atoms with E-state index in [9.17, 15) is 0 Å². The van der Waals surface area contributed by atoms with Crippen LogP contribution in [0.25, 0.3) is 22.6 Å². The summed E-state index contributed by atoms with van der Waals surface area (Å²) in [5.41, 5.74) is 11.6. The average Bonchev–Trinajstić information content (AvgIpc) is 3.04. The molecule has 3 aromatic rings. The second-order valence-electron chi connectivity index (χ2n) is 6.58. The standard InChI is InChI=1S/C18H21ClN6/c1-11-13(19)10-21-18-16(11)22-17(23-18)12-3-4-15(14(20)9-12)25-7-5-24(2)6-8-25/h3-4,9-10H,5-8,20H2,1-2H3,(H,21,22,23). The van der Waals surface area contributed by atoms with Gasteiger partial charge in [-0.05, 0) is 37.7 Å². The molecule has 6 nitrogen and oxygen atoms in total. The van der Waals surface area contributed by atoms with Gasteiger partial charge in [0.2, 0.25) is 0 Å². The average molecular weight is 357 g/mol. The number of H-pyrrole nitrogens is 1. The molecule has 25 heavy (non-hydrogen) atoms. The fraction of sp³-hybridized carbons (Fsp3) is 0.333. The quantitative estimate of drug-likeness (QED) is 0.690. The maximum absolute atomic E-state index is 6.34. The molecule has 3 N–H and O–H groups in total. The Labute approximate surface area is 151 Å². The van der Waals surface area contributed by atoms with Crippen LogP contribution < -0.4 is 10.6 Å². The van der Waals surface area contributed by atoms with Gasteiger partial charge in [0.15, 0.2) is 5.65 Å². The number of hydrogen-bond acceptors (Lipinski definition) is 5. The summed E-state index contributed by atoms with van der Waals surface area (Å²) >= 11 is 6.14. The molecule has 1 aromatic carbocycles. The fourth-order valence-electron chi connectivity index (χ4n) is 3.22. The van der Waals surface area contributed by atoms with E-state index in [-0.39, 0.29) is 0 Å². The van der Waals surface area contributed by atoms with Crippen LogP contribution in [0.3, 0.4) is 0 Å². The highest BCUT2D eigenvalue weighted by Gasteiger charge is 2.17. The van der Waals surface area contributed by atoms with E-state index >= 15 is 0 Å². The van der Waals surface area contributed by atoms with Crippen molar-refractivity contribution >= 4 is 34.1 Å². The second kappa shape index (κ2) is 6.20. The van der Waals surface area contributed by atoms with Gasteiger partial charge in [0.05, 0.1) is 16.4 Å². The van der Waals surface area contributed by atoms with E-state index in [1.54, 1.807) is 6.20 Å². The predicted molar refractivity (Wildman–Crippen MR) is 103 cm³/mol. The van der Waals surface area contributed by atoms with Crippen LogP contribution in [0.15, 0.2) is 24.4 Å². The van der Waals surface area contributed by atoms with Crippen molar-refractivity contribution in [1.82, 2.24) is 19.9 Å². The Bertz CT molecular complexity index is 927. The molecule has 1 aliphatic heterocycles. The number of halogens is 1. The molecule has 0 saturated carbocycles. The summed E-state index contributed by atoms with van der Waals surface area (Å²) in [6, 6.07) is 6.11. The summed E-state index contributed by atoms with van der Waals surface area (Å²) in [5.74, 6) is 0.754. The molecule has 0 aliphatic carbocycles. The number of pyridine rings is 1. The third kappa shape index (κ3) is 2.92. The van der Waals surface area contributed by atoms with Crippen LogP contribution in [0, 0.1) is 6.92 Å². The van der Waals surface area contributed by atoms with Gasteiger partial charge in [-0.1, -0.05) is 11.6 Å². The maximum atomic E-state index is 6.34. The van der Waals surface area contributed by atoms with E-state index in [4.69, 9.17) is 17.3 Å². The molecule has 130 valence electrons. The van der Waals surface area contributed by atoms with Crippen molar-refractivity contribution in [3.63, 3.8) is 0 Å². The van der Waals surface area contributed by atoms with Crippen molar-refractivity contribution < 1.29 is 0 Å². The van der Waals surface area contributed by atoms with E-state index in [2.05, 4.69) is 43.9 Å². The van der Waals surface area contributed by atoms with E-state index in [1.165, 1.54) is 0 Å². The van der Waals surface area contributed by atoms with Crippen molar-refractivity contribution in [2.45, 2.75) is 6.92 Å². The Morgan fingerprint density at radius 3 is 2.68 bits per heavy atom. The molecule has 1 saturated heterocycles. The smallest absolute Gasteiger partial charge is 0.157 e. The first kappa shape index (κ1) is 16.2. The topological polar surface area (TPSA) is 74.1 Å². The fourth-order valence-corrected chi connectivity index (χ4v) is 3.36. The molecular weight excluding hydrogens is 336 g/mol. The summed E-state index contributed by atoms with van der Waals surface area (Å²) in [7, 11) is 2.15. The van der Waals surface area contributed by atoms with E-state index in [0.29, 0.717) is 5.02 Å². The van der Waals surface area contributed by atoms with Crippen molar-refractivity contribution in [2.24, 2.45) is 0 Å². The first-order chi connectivity index (χ1) is 12.0. The van der Waals surface area contributed by atoms with Crippen molar-refractivity contribution in [3.8, 4) is 11.4 Å². The number of aromatic amines is 1. The number of anilines is 2. The summed E-state index contributed by atoms with van der Waals surface area (Å²) in [6.07, 6.45) is 1.64. The lowest BCUT2D eigenvalue weighted by Crippen LogP contribution is -2.44. The SMILES string of the molecule is Cc1c(Cl)cnc2[nH]c(-c3ccc(N4CCN(C)CC4)c(N)c3)nc12. The molecule has 0 radical (unpaired) electrons. The van der Waals surface area contributed by atoms with Gasteiger partial charge in [-0.25, -0.2) is 9.97 Å². The number of rotatable bonds is 2. The third-order valence-electron chi connectivity index (χ3n) is 4.85. The van der Waals surface area contributed by atoms with Crippen molar-refractivity contribution in [2.75, 3.05) is 43.9 Å². The first-order valence-electron chi connectivity index (χ1n) is 8.37. The Hall–Kier alpha value is -2.31. The number of nitrogen functional groups attached to an aromatic ring is 1. The van der Waals surface area contributed by atoms with Crippen molar-refractivity contribution in [1.29, 1.82) is 0 Å². The number of aromatic nitrogens is 3. The number of likely N-dealkylation sites (N-methyl/N-ethyl adjacent to an activating group) is 1. The van der Waals surface area contributed by atoms with Gasteiger partial charge >= 0.3 is 0 Å². The largest absolute Gasteiger partial charge is 0.397 e. The number of hydrogen-bond donors (Lipinski definition) is 2.